The number of aliphatic carboxylic acids is 2. The molecule has 0 bridgehead atoms. The minimum absolute atomic E-state index is 0.134. The van der Waals surface area contributed by atoms with Gasteiger partial charge >= 0.3 is 11.9 Å². The van der Waals surface area contributed by atoms with Crippen LogP contribution in [0.25, 0.3) is 0 Å². The number of hydrogen-bond acceptors (Lipinski definition) is 5. The molecule has 0 aromatic rings. The third-order valence-electron chi connectivity index (χ3n) is 3.83. The van der Waals surface area contributed by atoms with Crippen LogP contribution in [0.15, 0.2) is 0 Å². The maximum Gasteiger partial charge on any atom is 0.414 e. The second kappa shape index (κ2) is 11.0. The second-order valence-corrected chi connectivity index (χ2v) is 5.78. The zero-order valence-corrected chi connectivity index (χ0v) is 13.3. The van der Waals surface area contributed by atoms with E-state index in [2.05, 4.69) is 10.6 Å². The van der Waals surface area contributed by atoms with Gasteiger partial charge in [-0.15, -0.1) is 0 Å². The fraction of sp³-hybridized carbons (Fsp3) is 0.800. The van der Waals surface area contributed by atoms with Crippen LogP contribution in [0.4, 0.5) is 0 Å². The van der Waals surface area contributed by atoms with Crippen molar-refractivity contribution in [2.75, 3.05) is 19.7 Å². The van der Waals surface area contributed by atoms with Gasteiger partial charge in [0.05, 0.1) is 12.6 Å². The molecule has 1 amide bonds. The summed E-state index contributed by atoms with van der Waals surface area (Å²) in [4.78, 5) is 29.9. The molecule has 132 valence electrons. The number of carboxylic acids is 2. The lowest BCUT2D eigenvalue weighted by molar-refractivity contribution is -0.159. The van der Waals surface area contributed by atoms with E-state index in [1.807, 2.05) is 0 Å². The van der Waals surface area contributed by atoms with Crippen molar-refractivity contribution in [3.05, 3.63) is 0 Å². The van der Waals surface area contributed by atoms with Gasteiger partial charge in [0, 0.05) is 19.2 Å². The number of amides is 1. The molecular weight excluding hydrogens is 304 g/mol. The summed E-state index contributed by atoms with van der Waals surface area (Å²) in [5.74, 6) is -3.51. The normalized spacial score (nSPS) is 21.1. The third-order valence-corrected chi connectivity index (χ3v) is 3.83. The fourth-order valence-corrected chi connectivity index (χ4v) is 2.68. The summed E-state index contributed by atoms with van der Waals surface area (Å²) in [6, 6.07) is 0.417. The third kappa shape index (κ3) is 9.14. The van der Waals surface area contributed by atoms with E-state index in [4.69, 9.17) is 24.5 Å². The topological polar surface area (TPSA) is 125 Å². The Hall–Kier alpha value is -1.67. The number of hydrogen-bond donors (Lipinski definition) is 4. The van der Waals surface area contributed by atoms with Gasteiger partial charge in [0.1, 0.15) is 0 Å². The van der Waals surface area contributed by atoms with E-state index in [1.165, 1.54) is 19.3 Å². The van der Waals surface area contributed by atoms with Crippen LogP contribution in [0, 0.1) is 0 Å². The standard InChI is InChI=1S/C13H24N2O2.C2H2O4/c16-13(15-11-5-2-1-3-6-11)10-14-9-12-7-4-8-17-12;3-1(4)2(5)6/h11-12,14H,1-10H2,(H,15,16);(H,3,4)(H,5,6). The first-order valence-electron chi connectivity index (χ1n) is 8.07. The molecule has 2 rings (SSSR count). The highest BCUT2D eigenvalue weighted by Gasteiger charge is 2.17. The van der Waals surface area contributed by atoms with E-state index in [-0.39, 0.29) is 5.91 Å². The van der Waals surface area contributed by atoms with E-state index < -0.39 is 11.9 Å². The van der Waals surface area contributed by atoms with Crippen molar-refractivity contribution in [1.82, 2.24) is 10.6 Å². The summed E-state index contributed by atoms with van der Waals surface area (Å²) >= 11 is 0. The van der Waals surface area contributed by atoms with Gasteiger partial charge in [0.15, 0.2) is 0 Å². The molecule has 0 radical (unpaired) electrons. The molecule has 1 saturated carbocycles. The maximum absolute atomic E-state index is 11.7. The van der Waals surface area contributed by atoms with E-state index in [0.29, 0.717) is 18.7 Å². The first-order chi connectivity index (χ1) is 11.0. The Morgan fingerprint density at radius 1 is 0.957 bits per heavy atom. The fourth-order valence-electron chi connectivity index (χ4n) is 2.68. The molecule has 1 aliphatic carbocycles. The summed E-state index contributed by atoms with van der Waals surface area (Å²) in [5.41, 5.74) is 0. The molecular formula is C15H26N2O6. The zero-order chi connectivity index (χ0) is 17.1. The summed E-state index contributed by atoms with van der Waals surface area (Å²) in [6.45, 7) is 2.11. The minimum atomic E-state index is -1.82. The molecule has 1 unspecified atom stereocenters. The monoisotopic (exact) mass is 330 g/mol. The minimum Gasteiger partial charge on any atom is -0.473 e. The van der Waals surface area contributed by atoms with Gasteiger partial charge in [0.2, 0.25) is 5.91 Å². The Labute approximate surface area is 135 Å². The van der Waals surface area contributed by atoms with Gasteiger partial charge in [-0.2, -0.15) is 0 Å². The molecule has 1 heterocycles. The Morgan fingerprint density at radius 2 is 1.61 bits per heavy atom. The van der Waals surface area contributed by atoms with Crippen LogP contribution >= 0.6 is 0 Å². The lowest BCUT2D eigenvalue weighted by atomic mass is 9.95. The number of nitrogens with one attached hydrogen (secondary N) is 2. The number of ether oxygens (including phenoxy) is 1. The van der Waals surface area contributed by atoms with E-state index in [1.54, 1.807) is 0 Å². The highest BCUT2D eigenvalue weighted by molar-refractivity contribution is 6.27. The molecule has 1 aliphatic heterocycles. The number of carboxylic acid groups (broad SMARTS) is 2. The van der Waals surface area contributed by atoms with Crippen LogP contribution in [0.2, 0.25) is 0 Å². The van der Waals surface area contributed by atoms with Crippen LogP contribution in [0.1, 0.15) is 44.9 Å². The molecule has 8 nitrogen and oxygen atoms in total. The molecule has 2 fully saturated rings. The summed E-state index contributed by atoms with van der Waals surface area (Å²) in [5, 5.41) is 21.1. The summed E-state index contributed by atoms with van der Waals surface area (Å²) < 4.78 is 5.49. The quantitative estimate of drug-likeness (QED) is 0.536. The first kappa shape index (κ1) is 19.4. The van der Waals surface area contributed by atoms with Gasteiger partial charge < -0.3 is 25.6 Å². The number of carbonyl (C=O) groups excluding carboxylic acids is 1. The Bertz CT molecular complexity index is 377. The predicted octanol–water partition coefficient (Wildman–Crippen LogP) is 0.360. The number of carbonyl (C=O) groups is 3. The van der Waals surface area contributed by atoms with Crippen molar-refractivity contribution in [1.29, 1.82) is 0 Å². The van der Waals surface area contributed by atoms with Crippen molar-refractivity contribution in [3.8, 4) is 0 Å². The molecule has 0 aromatic heterocycles. The van der Waals surface area contributed by atoms with Crippen molar-refractivity contribution in [2.24, 2.45) is 0 Å². The van der Waals surface area contributed by atoms with Crippen molar-refractivity contribution < 1.29 is 29.3 Å². The Morgan fingerprint density at radius 3 is 2.13 bits per heavy atom. The smallest absolute Gasteiger partial charge is 0.414 e. The van der Waals surface area contributed by atoms with Crippen LogP contribution in [0.3, 0.4) is 0 Å². The summed E-state index contributed by atoms with van der Waals surface area (Å²) in [6.07, 6.45) is 8.73. The lowest BCUT2D eigenvalue weighted by Crippen LogP contribution is -2.42. The molecule has 0 spiro atoms. The Kier molecular flexibility index (Phi) is 9.23. The van der Waals surface area contributed by atoms with Gasteiger partial charge in [0.25, 0.3) is 0 Å². The molecule has 8 heteroatoms. The van der Waals surface area contributed by atoms with Crippen LogP contribution in [-0.2, 0) is 19.1 Å². The zero-order valence-electron chi connectivity index (χ0n) is 13.3. The average molecular weight is 330 g/mol. The van der Waals surface area contributed by atoms with Gasteiger partial charge in [-0.1, -0.05) is 19.3 Å². The number of rotatable bonds is 5. The molecule has 0 aromatic carbocycles. The van der Waals surface area contributed by atoms with Crippen molar-refractivity contribution in [2.45, 2.75) is 57.1 Å². The van der Waals surface area contributed by atoms with E-state index in [0.717, 1.165) is 38.8 Å². The van der Waals surface area contributed by atoms with E-state index in [9.17, 15) is 4.79 Å². The SMILES string of the molecule is O=C(CNCC1CCCO1)NC1CCCCC1.O=C(O)C(=O)O. The molecule has 2 aliphatic rings. The highest BCUT2D eigenvalue weighted by Crippen LogP contribution is 2.17. The van der Waals surface area contributed by atoms with E-state index >= 15 is 0 Å². The van der Waals surface area contributed by atoms with Crippen LogP contribution < -0.4 is 10.6 Å². The second-order valence-electron chi connectivity index (χ2n) is 5.78. The summed E-state index contributed by atoms with van der Waals surface area (Å²) in [7, 11) is 0. The van der Waals surface area contributed by atoms with Crippen molar-refractivity contribution in [3.63, 3.8) is 0 Å². The van der Waals surface area contributed by atoms with Crippen LogP contribution in [0.5, 0.6) is 0 Å². The maximum atomic E-state index is 11.7. The Balaban J connectivity index is 0.000000379. The van der Waals surface area contributed by atoms with Gasteiger partial charge in [-0.25, -0.2) is 9.59 Å². The molecule has 23 heavy (non-hydrogen) atoms. The van der Waals surface area contributed by atoms with Gasteiger partial charge in [-0.05, 0) is 25.7 Å². The molecule has 4 N–H and O–H groups in total. The van der Waals surface area contributed by atoms with Crippen molar-refractivity contribution >= 4 is 17.8 Å². The average Bonchev–Trinajstić information content (AvgIpc) is 3.02. The van der Waals surface area contributed by atoms with Gasteiger partial charge in [-0.3, -0.25) is 4.79 Å². The lowest BCUT2D eigenvalue weighted by Gasteiger charge is -2.23. The largest absolute Gasteiger partial charge is 0.473 e. The molecule has 1 atom stereocenters. The highest BCUT2D eigenvalue weighted by atomic mass is 16.5. The molecule has 1 saturated heterocycles. The van der Waals surface area contributed by atoms with Crippen LogP contribution in [-0.4, -0.2) is 59.9 Å². The predicted molar refractivity (Wildman–Crippen MR) is 82.1 cm³/mol. The first-order valence-corrected chi connectivity index (χ1v) is 8.07.